The van der Waals surface area contributed by atoms with E-state index in [4.69, 9.17) is 4.74 Å². The van der Waals surface area contributed by atoms with Crippen LogP contribution in [0.15, 0.2) is 24.3 Å². The van der Waals surface area contributed by atoms with E-state index in [0.29, 0.717) is 17.4 Å². The van der Waals surface area contributed by atoms with Crippen molar-refractivity contribution in [2.24, 2.45) is 0 Å². The predicted octanol–water partition coefficient (Wildman–Crippen LogP) is 2.41. The quantitative estimate of drug-likeness (QED) is 0.617. The Morgan fingerprint density at radius 2 is 1.95 bits per heavy atom. The van der Waals surface area contributed by atoms with Gasteiger partial charge in [0, 0.05) is 6.54 Å². The highest BCUT2D eigenvalue weighted by Gasteiger charge is 2.22. The van der Waals surface area contributed by atoms with Crippen LogP contribution in [0.2, 0.25) is 0 Å². The van der Waals surface area contributed by atoms with Crippen LogP contribution in [0.1, 0.15) is 36.7 Å². The highest BCUT2D eigenvalue weighted by molar-refractivity contribution is 5.89. The first-order valence-corrected chi connectivity index (χ1v) is 6.85. The van der Waals surface area contributed by atoms with Crippen molar-refractivity contribution in [2.75, 3.05) is 13.7 Å². The molecule has 1 aromatic carbocycles. The summed E-state index contributed by atoms with van der Waals surface area (Å²) in [6.07, 6.45) is 0.0525. The van der Waals surface area contributed by atoms with E-state index in [1.54, 1.807) is 45.0 Å². The number of carbonyl (C=O) groups is 3. The Balaban J connectivity index is 2.89. The topological polar surface area (TPSA) is 72.9 Å². The van der Waals surface area contributed by atoms with Gasteiger partial charge in [-0.3, -0.25) is 4.90 Å². The number of methoxy groups -OCH3 is 1. The average Bonchev–Trinajstić information content (AvgIpc) is 2.44. The normalized spacial score (nSPS) is 10.7. The molecule has 0 bridgehead atoms. The molecule has 0 radical (unpaired) electrons. The zero-order valence-electron chi connectivity index (χ0n) is 13.3. The maximum Gasteiger partial charge on any atom is 0.410 e. The van der Waals surface area contributed by atoms with Crippen molar-refractivity contribution in [1.82, 2.24) is 4.90 Å². The zero-order chi connectivity index (χ0) is 16.8. The van der Waals surface area contributed by atoms with Crippen LogP contribution in [-0.2, 0) is 20.8 Å². The van der Waals surface area contributed by atoms with Crippen molar-refractivity contribution in [3.63, 3.8) is 0 Å². The summed E-state index contributed by atoms with van der Waals surface area (Å²) in [6.45, 7) is 5.33. The van der Waals surface area contributed by atoms with Gasteiger partial charge in [0.15, 0.2) is 0 Å². The van der Waals surface area contributed by atoms with Crippen LogP contribution >= 0.6 is 0 Å². The Hall–Kier alpha value is -2.37. The third kappa shape index (κ3) is 5.55. The first-order valence-electron chi connectivity index (χ1n) is 6.85. The van der Waals surface area contributed by atoms with Crippen LogP contribution in [0.3, 0.4) is 0 Å². The van der Waals surface area contributed by atoms with Gasteiger partial charge in [0.2, 0.25) is 0 Å². The molecule has 0 N–H and O–H groups in total. The lowest BCUT2D eigenvalue weighted by Gasteiger charge is -2.26. The number of carbonyl (C=O) groups excluding carboxylic acids is 3. The number of hydrogen-bond donors (Lipinski definition) is 0. The Kier molecular flexibility index (Phi) is 6.10. The number of esters is 1. The third-order valence-corrected chi connectivity index (χ3v) is 2.67. The number of hydrogen-bond acceptors (Lipinski definition) is 5. The largest absolute Gasteiger partial charge is 0.465 e. The third-order valence-electron chi connectivity index (χ3n) is 2.67. The van der Waals surface area contributed by atoms with E-state index in [9.17, 15) is 14.4 Å². The van der Waals surface area contributed by atoms with Crippen molar-refractivity contribution in [3.8, 4) is 0 Å². The fourth-order valence-electron chi connectivity index (χ4n) is 1.75. The van der Waals surface area contributed by atoms with E-state index in [1.165, 1.54) is 12.0 Å². The number of nitrogens with zero attached hydrogens (tertiary/aromatic N) is 1. The van der Waals surface area contributed by atoms with E-state index in [0.717, 1.165) is 0 Å². The van der Waals surface area contributed by atoms with Gasteiger partial charge >= 0.3 is 12.1 Å². The summed E-state index contributed by atoms with van der Waals surface area (Å²) < 4.78 is 9.92. The minimum Gasteiger partial charge on any atom is -0.465 e. The molecular formula is C16H21NO5. The molecule has 0 saturated heterocycles. The van der Waals surface area contributed by atoms with Gasteiger partial charge in [0.25, 0.3) is 0 Å². The minimum absolute atomic E-state index is 0.0859. The molecule has 6 heteroatoms. The molecule has 0 saturated carbocycles. The van der Waals surface area contributed by atoms with Crippen molar-refractivity contribution in [2.45, 2.75) is 32.9 Å². The summed E-state index contributed by atoms with van der Waals surface area (Å²) in [7, 11) is 1.30. The van der Waals surface area contributed by atoms with Gasteiger partial charge in [-0.05, 0) is 38.5 Å². The lowest BCUT2D eigenvalue weighted by molar-refractivity contribution is -0.109. The average molecular weight is 307 g/mol. The number of benzene rings is 1. The van der Waals surface area contributed by atoms with Crippen molar-refractivity contribution >= 4 is 18.3 Å². The number of amides is 1. The Morgan fingerprint density at radius 3 is 2.50 bits per heavy atom. The molecular weight excluding hydrogens is 286 g/mol. The molecule has 120 valence electrons. The summed E-state index contributed by atoms with van der Waals surface area (Å²) in [5.74, 6) is -0.457. The molecule has 0 aliphatic rings. The van der Waals surface area contributed by atoms with Gasteiger partial charge in [0.05, 0.1) is 19.2 Å². The molecule has 22 heavy (non-hydrogen) atoms. The first kappa shape index (κ1) is 17.7. The van der Waals surface area contributed by atoms with Crippen LogP contribution in [0, 0.1) is 0 Å². The second kappa shape index (κ2) is 7.59. The Labute approximate surface area is 130 Å². The lowest BCUT2D eigenvalue weighted by atomic mass is 10.1. The van der Waals surface area contributed by atoms with Crippen molar-refractivity contribution in [1.29, 1.82) is 0 Å². The number of aldehydes is 1. The fourth-order valence-corrected chi connectivity index (χ4v) is 1.75. The van der Waals surface area contributed by atoms with Crippen molar-refractivity contribution in [3.05, 3.63) is 35.4 Å². The highest BCUT2D eigenvalue weighted by Crippen LogP contribution is 2.13. The molecule has 1 rings (SSSR count). The fraction of sp³-hybridized carbons (Fsp3) is 0.438. The minimum atomic E-state index is -0.647. The molecule has 0 aromatic heterocycles. The van der Waals surface area contributed by atoms with Gasteiger partial charge < -0.3 is 14.3 Å². The Morgan fingerprint density at radius 1 is 1.27 bits per heavy atom. The van der Waals surface area contributed by atoms with Crippen LogP contribution < -0.4 is 0 Å². The lowest BCUT2D eigenvalue weighted by Crippen LogP contribution is -2.37. The molecule has 0 fully saturated rings. The van der Waals surface area contributed by atoms with E-state index in [-0.39, 0.29) is 13.1 Å². The summed E-state index contributed by atoms with van der Waals surface area (Å²) in [5, 5.41) is 0. The molecule has 1 amide bonds. The molecule has 0 aliphatic heterocycles. The van der Waals surface area contributed by atoms with Gasteiger partial charge in [-0.25, -0.2) is 9.59 Å². The van der Waals surface area contributed by atoms with Crippen molar-refractivity contribution < 1.29 is 23.9 Å². The van der Waals surface area contributed by atoms with E-state index < -0.39 is 17.7 Å². The second-order valence-corrected chi connectivity index (χ2v) is 5.72. The Bertz CT molecular complexity index is 548. The number of ether oxygens (including phenoxy) is 2. The summed E-state index contributed by atoms with van der Waals surface area (Å²) >= 11 is 0. The first-order chi connectivity index (χ1) is 10.3. The van der Waals surface area contributed by atoms with E-state index in [1.807, 2.05) is 0 Å². The molecule has 0 aliphatic carbocycles. The summed E-state index contributed by atoms with van der Waals surface area (Å²) in [6, 6.07) is 6.69. The molecule has 0 atom stereocenters. The number of rotatable bonds is 5. The highest BCUT2D eigenvalue weighted by atomic mass is 16.6. The zero-order valence-corrected chi connectivity index (χ0v) is 13.3. The van der Waals surface area contributed by atoms with Crippen LogP contribution in [0.25, 0.3) is 0 Å². The van der Waals surface area contributed by atoms with Gasteiger partial charge in [-0.15, -0.1) is 0 Å². The van der Waals surface area contributed by atoms with Crippen LogP contribution in [0.5, 0.6) is 0 Å². The predicted molar refractivity (Wildman–Crippen MR) is 80.5 cm³/mol. The van der Waals surface area contributed by atoms with Gasteiger partial charge in [0.1, 0.15) is 11.9 Å². The monoisotopic (exact) mass is 307 g/mol. The van der Waals surface area contributed by atoms with Crippen LogP contribution in [-0.4, -0.2) is 42.5 Å². The molecule has 6 nitrogen and oxygen atoms in total. The molecule has 0 spiro atoms. The maximum absolute atomic E-state index is 12.1. The summed E-state index contributed by atoms with van der Waals surface area (Å²) in [4.78, 5) is 35.6. The maximum atomic E-state index is 12.1. The van der Waals surface area contributed by atoms with Gasteiger partial charge in [-0.2, -0.15) is 0 Å². The van der Waals surface area contributed by atoms with E-state index in [2.05, 4.69) is 4.74 Å². The molecule has 0 heterocycles. The van der Waals surface area contributed by atoms with E-state index >= 15 is 0 Å². The van der Waals surface area contributed by atoms with Crippen LogP contribution in [0.4, 0.5) is 4.79 Å². The smallest absolute Gasteiger partial charge is 0.410 e. The summed E-state index contributed by atoms with van der Waals surface area (Å²) in [5.41, 5.74) is 0.442. The SMILES string of the molecule is COC(=O)c1cccc(CN(CC=O)C(=O)OC(C)(C)C)c1. The van der Waals surface area contributed by atoms with Gasteiger partial charge in [-0.1, -0.05) is 12.1 Å². The standard InChI is InChI=1S/C16H21NO5/c1-16(2,3)22-15(20)17(8-9-18)11-12-6-5-7-13(10-12)14(19)21-4/h5-7,9-10H,8,11H2,1-4H3. The second-order valence-electron chi connectivity index (χ2n) is 5.72. The molecule has 1 aromatic rings. The molecule has 0 unspecified atom stereocenters.